The topological polar surface area (TPSA) is 54.5 Å². The van der Waals surface area contributed by atoms with E-state index in [-0.39, 0.29) is 24.6 Å². The highest BCUT2D eigenvalue weighted by Crippen LogP contribution is 2.32. The first-order valence-corrected chi connectivity index (χ1v) is 11.0. The SMILES string of the molecule is O=C(Cc1ccc(C(F)(F)F)cc1)N1CCC(c2cccs2)S(=O)(=O)CC1. The summed E-state index contributed by atoms with van der Waals surface area (Å²) in [6, 6.07) is 8.04. The van der Waals surface area contributed by atoms with E-state index in [1.165, 1.54) is 28.4 Å². The van der Waals surface area contributed by atoms with E-state index in [4.69, 9.17) is 0 Å². The summed E-state index contributed by atoms with van der Waals surface area (Å²) in [7, 11) is -3.35. The first kappa shape index (κ1) is 19.9. The Morgan fingerprint density at radius 2 is 1.85 bits per heavy atom. The number of hydrogen-bond donors (Lipinski definition) is 0. The Morgan fingerprint density at radius 1 is 1.15 bits per heavy atom. The minimum Gasteiger partial charge on any atom is -0.341 e. The molecule has 0 saturated carbocycles. The zero-order valence-corrected chi connectivity index (χ0v) is 15.9. The molecule has 146 valence electrons. The Kier molecular flexibility index (Phi) is 5.62. The number of hydrogen-bond acceptors (Lipinski definition) is 4. The number of sulfone groups is 1. The van der Waals surface area contributed by atoms with E-state index in [0.717, 1.165) is 17.0 Å². The lowest BCUT2D eigenvalue weighted by molar-refractivity contribution is -0.137. The minimum atomic E-state index is -4.42. The van der Waals surface area contributed by atoms with E-state index in [2.05, 4.69) is 0 Å². The van der Waals surface area contributed by atoms with Crippen LogP contribution in [0.3, 0.4) is 0 Å². The zero-order valence-electron chi connectivity index (χ0n) is 14.3. The van der Waals surface area contributed by atoms with Gasteiger partial charge in [-0.2, -0.15) is 13.2 Å². The van der Waals surface area contributed by atoms with Gasteiger partial charge in [-0.3, -0.25) is 4.79 Å². The van der Waals surface area contributed by atoms with Crippen molar-refractivity contribution in [3.05, 3.63) is 57.8 Å². The third-order valence-electron chi connectivity index (χ3n) is 4.59. The molecule has 0 aliphatic carbocycles. The van der Waals surface area contributed by atoms with Gasteiger partial charge in [0, 0.05) is 18.0 Å². The van der Waals surface area contributed by atoms with Gasteiger partial charge in [0.15, 0.2) is 9.84 Å². The summed E-state index contributed by atoms with van der Waals surface area (Å²) in [6.45, 7) is 0.408. The van der Waals surface area contributed by atoms with Crippen LogP contribution in [-0.4, -0.2) is 38.1 Å². The van der Waals surface area contributed by atoms with E-state index in [0.29, 0.717) is 18.5 Å². The molecule has 2 heterocycles. The molecule has 3 rings (SSSR count). The van der Waals surface area contributed by atoms with Crippen molar-refractivity contribution in [1.29, 1.82) is 0 Å². The molecule has 0 spiro atoms. The number of carbonyl (C=O) groups excluding carboxylic acids is 1. The van der Waals surface area contributed by atoms with Crippen LogP contribution < -0.4 is 0 Å². The Balaban J connectivity index is 1.67. The van der Waals surface area contributed by atoms with Gasteiger partial charge in [-0.15, -0.1) is 11.3 Å². The molecule has 1 saturated heterocycles. The number of nitrogens with zero attached hydrogens (tertiary/aromatic N) is 1. The van der Waals surface area contributed by atoms with E-state index in [1.807, 2.05) is 5.38 Å². The van der Waals surface area contributed by atoms with Gasteiger partial charge in [0.05, 0.1) is 23.0 Å². The quantitative estimate of drug-likeness (QED) is 0.765. The number of halogens is 3. The van der Waals surface area contributed by atoms with Crippen LogP contribution in [0.5, 0.6) is 0 Å². The molecule has 1 amide bonds. The molecule has 1 aliphatic rings. The number of alkyl halides is 3. The Hall–Kier alpha value is -1.87. The van der Waals surface area contributed by atoms with Gasteiger partial charge in [0.25, 0.3) is 0 Å². The van der Waals surface area contributed by atoms with Gasteiger partial charge in [0.1, 0.15) is 0 Å². The van der Waals surface area contributed by atoms with Crippen LogP contribution in [0.4, 0.5) is 13.2 Å². The highest BCUT2D eigenvalue weighted by molar-refractivity contribution is 7.91. The molecule has 1 atom stereocenters. The van der Waals surface area contributed by atoms with Gasteiger partial charge < -0.3 is 4.90 Å². The van der Waals surface area contributed by atoms with Crippen LogP contribution in [0, 0.1) is 0 Å². The number of thiophene rings is 1. The largest absolute Gasteiger partial charge is 0.416 e. The van der Waals surface area contributed by atoms with E-state index in [1.54, 1.807) is 12.1 Å². The van der Waals surface area contributed by atoms with Crippen molar-refractivity contribution in [3.8, 4) is 0 Å². The lowest BCUT2D eigenvalue weighted by Gasteiger charge is -2.20. The second-order valence-corrected chi connectivity index (χ2v) is 9.69. The van der Waals surface area contributed by atoms with Crippen molar-refractivity contribution >= 4 is 27.1 Å². The number of amides is 1. The number of benzene rings is 1. The normalized spacial score (nSPS) is 20.3. The fourth-order valence-electron chi connectivity index (χ4n) is 3.09. The van der Waals surface area contributed by atoms with E-state index >= 15 is 0 Å². The summed E-state index contributed by atoms with van der Waals surface area (Å²) in [5.41, 5.74) is -0.298. The van der Waals surface area contributed by atoms with Gasteiger partial charge >= 0.3 is 6.18 Å². The second-order valence-electron chi connectivity index (χ2n) is 6.41. The highest BCUT2D eigenvalue weighted by Gasteiger charge is 2.33. The molecule has 2 aromatic rings. The van der Waals surface area contributed by atoms with Gasteiger partial charge in [-0.1, -0.05) is 18.2 Å². The molecule has 9 heteroatoms. The van der Waals surface area contributed by atoms with Crippen molar-refractivity contribution in [3.63, 3.8) is 0 Å². The molecule has 0 bridgehead atoms. The summed E-state index contributed by atoms with van der Waals surface area (Å²) in [4.78, 5) is 14.8. The Morgan fingerprint density at radius 3 is 2.44 bits per heavy atom. The predicted molar refractivity (Wildman–Crippen MR) is 97.2 cm³/mol. The fraction of sp³-hybridized carbons (Fsp3) is 0.389. The molecule has 1 aliphatic heterocycles. The third-order valence-corrected chi connectivity index (χ3v) is 7.83. The smallest absolute Gasteiger partial charge is 0.341 e. The number of rotatable bonds is 3. The third kappa shape index (κ3) is 4.70. The summed E-state index contributed by atoms with van der Waals surface area (Å²) >= 11 is 1.38. The van der Waals surface area contributed by atoms with Crippen LogP contribution >= 0.6 is 11.3 Å². The Bertz CT molecular complexity index is 891. The van der Waals surface area contributed by atoms with Gasteiger partial charge in [-0.25, -0.2) is 8.42 Å². The molecular formula is C18H18F3NO3S2. The summed E-state index contributed by atoms with van der Waals surface area (Å²) in [6.07, 6.45) is -4.15. The first-order chi connectivity index (χ1) is 12.7. The average molecular weight is 417 g/mol. The molecule has 0 radical (unpaired) electrons. The highest BCUT2D eigenvalue weighted by atomic mass is 32.2. The van der Waals surface area contributed by atoms with Crippen molar-refractivity contribution < 1.29 is 26.4 Å². The monoisotopic (exact) mass is 417 g/mol. The molecule has 1 aromatic heterocycles. The minimum absolute atomic E-state index is 0.0537. The average Bonchev–Trinajstić information content (AvgIpc) is 3.06. The van der Waals surface area contributed by atoms with E-state index in [9.17, 15) is 26.4 Å². The molecule has 1 fully saturated rings. The zero-order chi connectivity index (χ0) is 19.7. The van der Waals surface area contributed by atoms with Crippen molar-refractivity contribution in [1.82, 2.24) is 4.90 Å². The summed E-state index contributed by atoms with van der Waals surface area (Å²) in [5.74, 6) is -0.397. The van der Waals surface area contributed by atoms with Crippen LogP contribution in [0.25, 0.3) is 0 Å². The lowest BCUT2D eigenvalue weighted by Crippen LogP contribution is -2.34. The summed E-state index contributed by atoms with van der Waals surface area (Å²) in [5, 5.41) is 1.21. The number of carbonyl (C=O) groups is 1. The van der Waals surface area contributed by atoms with Crippen LogP contribution in [-0.2, 0) is 27.2 Å². The van der Waals surface area contributed by atoms with Crippen molar-refractivity contribution in [2.75, 3.05) is 18.8 Å². The van der Waals surface area contributed by atoms with Gasteiger partial charge in [-0.05, 0) is 35.6 Å². The fourth-order valence-corrected chi connectivity index (χ4v) is 6.09. The maximum atomic E-state index is 12.6. The van der Waals surface area contributed by atoms with Crippen LogP contribution in [0.2, 0.25) is 0 Å². The predicted octanol–water partition coefficient (Wildman–Crippen LogP) is 3.70. The van der Waals surface area contributed by atoms with Crippen LogP contribution in [0.1, 0.15) is 27.7 Å². The van der Waals surface area contributed by atoms with E-state index < -0.39 is 26.8 Å². The van der Waals surface area contributed by atoms with Crippen molar-refractivity contribution in [2.24, 2.45) is 0 Å². The standard InChI is InChI=1S/C18H18F3NO3S2/c19-18(20,21)14-5-3-13(4-6-14)12-17(23)22-8-7-16(15-2-1-10-26-15)27(24,25)11-9-22/h1-6,10,16H,7-9,11-12H2. The molecule has 4 nitrogen and oxygen atoms in total. The molecule has 0 N–H and O–H groups in total. The second kappa shape index (κ2) is 7.63. The summed E-state index contributed by atoms with van der Waals surface area (Å²) < 4.78 is 62.9. The maximum Gasteiger partial charge on any atom is 0.416 e. The molecule has 1 aromatic carbocycles. The molecule has 1 unspecified atom stereocenters. The Labute approximate surface area is 159 Å². The molecular weight excluding hydrogens is 399 g/mol. The lowest BCUT2D eigenvalue weighted by atomic mass is 10.1. The first-order valence-electron chi connectivity index (χ1n) is 8.36. The maximum absolute atomic E-state index is 12.6. The molecule has 27 heavy (non-hydrogen) atoms. The van der Waals surface area contributed by atoms with Gasteiger partial charge in [0.2, 0.25) is 5.91 Å². The van der Waals surface area contributed by atoms with Crippen LogP contribution in [0.15, 0.2) is 41.8 Å². The van der Waals surface area contributed by atoms with Crippen molar-refractivity contribution in [2.45, 2.75) is 24.3 Å².